The highest BCUT2D eigenvalue weighted by Crippen LogP contribution is 2.20. The highest BCUT2D eigenvalue weighted by molar-refractivity contribution is 7.99. The molecule has 0 saturated carbocycles. The van der Waals surface area contributed by atoms with E-state index in [0.29, 0.717) is 6.04 Å². The largest absolute Gasteiger partial charge is 0.271 e. The van der Waals surface area contributed by atoms with Gasteiger partial charge in [0.25, 0.3) is 0 Å². The van der Waals surface area contributed by atoms with Gasteiger partial charge in [-0.3, -0.25) is 11.3 Å². The Hall–Kier alpha value is -0.770. The molecule has 1 aromatic rings. The minimum atomic E-state index is 0.299. The summed E-state index contributed by atoms with van der Waals surface area (Å²) in [5.41, 5.74) is 4.09. The third kappa shape index (κ3) is 4.51. The molecule has 0 heterocycles. The van der Waals surface area contributed by atoms with Gasteiger partial charge >= 0.3 is 0 Å². The van der Waals surface area contributed by atoms with Gasteiger partial charge < -0.3 is 0 Å². The van der Waals surface area contributed by atoms with E-state index in [1.807, 2.05) is 17.8 Å². The number of hydrogen-bond donors (Lipinski definition) is 2. The van der Waals surface area contributed by atoms with Crippen molar-refractivity contribution in [3.8, 4) is 0 Å². The second-order valence-corrected chi connectivity index (χ2v) is 4.61. The molecule has 0 bridgehead atoms. The fraction of sp³-hybridized carbons (Fsp3) is 0.333. The van der Waals surface area contributed by atoms with Gasteiger partial charge in [0.05, 0.1) is 0 Å². The summed E-state index contributed by atoms with van der Waals surface area (Å²) in [6.07, 6.45) is 2.79. The first-order valence-electron chi connectivity index (χ1n) is 5.02. The lowest BCUT2D eigenvalue weighted by Gasteiger charge is -2.13. The van der Waals surface area contributed by atoms with Crippen molar-refractivity contribution >= 4 is 11.8 Å². The standard InChI is InChI=1S/C12H18N2S/c1-3-5-11(14-13)9-15-12-7-4-6-10(2)8-12/h3-4,6-8,11,14H,1,5,9,13H2,2H3. The van der Waals surface area contributed by atoms with Crippen molar-refractivity contribution in [2.45, 2.75) is 24.3 Å². The zero-order valence-electron chi connectivity index (χ0n) is 9.07. The van der Waals surface area contributed by atoms with E-state index in [2.05, 4.69) is 43.2 Å². The van der Waals surface area contributed by atoms with E-state index >= 15 is 0 Å². The molecule has 0 aliphatic heterocycles. The average Bonchev–Trinajstić information content (AvgIpc) is 2.24. The average molecular weight is 222 g/mol. The molecule has 0 aliphatic rings. The van der Waals surface area contributed by atoms with Crippen molar-refractivity contribution < 1.29 is 0 Å². The van der Waals surface area contributed by atoms with Gasteiger partial charge in [-0.05, 0) is 25.5 Å². The van der Waals surface area contributed by atoms with E-state index in [1.165, 1.54) is 10.5 Å². The summed E-state index contributed by atoms with van der Waals surface area (Å²) in [6, 6.07) is 8.79. The van der Waals surface area contributed by atoms with Gasteiger partial charge in [-0.1, -0.05) is 23.8 Å². The molecule has 1 unspecified atom stereocenters. The summed E-state index contributed by atoms with van der Waals surface area (Å²) >= 11 is 1.82. The predicted octanol–water partition coefficient (Wildman–Crippen LogP) is 2.50. The molecule has 3 heteroatoms. The maximum absolute atomic E-state index is 5.44. The molecule has 1 aromatic carbocycles. The summed E-state index contributed by atoms with van der Waals surface area (Å²) in [6.45, 7) is 5.82. The van der Waals surface area contributed by atoms with Crippen molar-refractivity contribution in [1.29, 1.82) is 0 Å². The SMILES string of the molecule is C=CCC(CSc1cccc(C)c1)NN. The zero-order chi connectivity index (χ0) is 11.1. The lowest BCUT2D eigenvalue weighted by molar-refractivity contribution is 0.585. The van der Waals surface area contributed by atoms with Gasteiger partial charge in [0.2, 0.25) is 0 Å². The monoisotopic (exact) mass is 222 g/mol. The van der Waals surface area contributed by atoms with Crippen LogP contribution in [0, 0.1) is 6.92 Å². The second-order valence-electron chi connectivity index (χ2n) is 3.52. The second kappa shape index (κ2) is 6.67. The third-order valence-corrected chi connectivity index (χ3v) is 3.28. The van der Waals surface area contributed by atoms with Gasteiger partial charge in [-0.25, -0.2) is 0 Å². The number of thioether (sulfide) groups is 1. The van der Waals surface area contributed by atoms with Crippen LogP contribution in [0.3, 0.4) is 0 Å². The first-order valence-corrected chi connectivity index (χ1v) is 6.01. The van der Waals surface area contributed by atoms with Crippen molar-refractivity contribution in [2.75, 3.05) is 5.75 Å². The molecule has 15 heavy (non-hydrogen) atoms. The topological polar surface area (TPSA) is 38.0 Å². The molecule has 3 N–H and O–H groups in total. The van der Waals surface area contributed by atoms with Gasteiger partial charge in [-0.15, -0.1) is 18.3 Å². The minimum Gasteiger partial charge on any atom is -0.271 e. The first-order chi connectivity index (χ1) is 7.26. The van der Waals surface area contributed by atoms with E-state index < -0.39 is 0 Å². The molecule has 2 nitrogen and oxygen atoms in total. The van der Waals surface area contributed by atoms with Crippen LogP contribution in [-0.4, -0.2) is 11.8 Å². The maximum Gasteiger partial charge on any atom is 0.0338 e. The molecule has 82 valence electrons. The summed E-state index contributed by atoms with van der Waals surface area (Å²) < 4.78 is 0. The number of aryl methyl sites for hydroxylation is 1. The third-order valence-electron chi connectivity index (χ3n) is 2.13. The molecule has 0 radical (unpaired) electrons. The smallest absolute Gasteiger partial charge is 0.0338 e. The Kier molecular flexibility index (Phi) is 5.47. The molecule has 0 spiro atoms. The van der Waals surface area contributed by atoms with Crippen LogP contribution < -0.4 is 11.3 Å². The Morgan fingerprint density at radius 2 is 2.40 bits per heavy atom. The van der Waals surface area contributed by atoms with E-state index in [0.717, 1.165) is 12.2 Å². The molecule has 0 saturated heterocycles. The fourth-order valence-electron chi connectivity index (χ4n) is 1.29. The number of rotatable bonds is 6. The number of nitrogens with one attached hydrogen (secondary N) is 1. The van der Waals surface area contributed by atoms with Gasteiger partial charge in [0, 0.05) is 16.7 Å². The minimum absolute atomic E-state index is 0.299. The number of hydrazine groups is 1. The Labute approximate surface area is 95.9 Å². The van der Waals surface area contributed by atoms with Crippen LogP contribution in [0.25, 0.3) is 0 Å². The molecule has 0 amide bonds. The van der Waals surface area contributed by atoms with Crippen molar-refractivity contribution in [3.63, 3.8) is 0 Å². The predicted molar refractivity (Wildman–Crippen MR) is 67.8 cm³/mol. The summed E-state index contributed by atoms with van der Waals surface area (Å²) in [7, 11) is 0. The highest BCUT2D eigenvalue weighted by Gasteiger charge is 2.04. The summed E-state index contributed by atoms with van der Waals surface area (Å²) in [5.74, 6) is 6.41. The number of hydrogen-bond acceptors (Lipinski definition) is 3. The van der Waals surface area contributed by atoms with Gasteiger partial charge in [-0.2, -0.15) is 0 Å². The van der Waals surface area contributed by atoms with Crippen LogP contribution in [-0.2, 0) is 0 Å². The molecular formula is C12H18N2S. The maximum atomic E-state index is 5.44. The fourth-order valence-corrected chi connectivity index (χ4v) is 2.36. The van der Waals surface area contributed by atoms with E-state index in [9.17, 15) is 0 Å². The zero-order valence-corrected chi connectivity index (χ0v) is 9.89. The van der Waals surface area contributed by atoms with E-state index in [1.54, 1.807) is 0 Å². The quantitative estimate of drug-likeness (QED) is 0.336. The molecule has 0 aromatic heterocycles. The Bertz CT molecular complexity index is 312. The lowest BCUT2D eigenvalue weighted by Crippen LogP contribution is -2.36. The Morgan fingerprint density at radius 1 is 1.60 bits per heavy atom. The van der Waals surface area contributed by atoms with Gasteiger partial charge in [0.15, 0.2) is 0 Å². The molecule has 0 fully saturated rings. The lowest BCUT2D eigenvalue weighted by atomic mass is 10.2. The normalized spacial score (nSPS) is 12.4. The van der Waals surface area contributed by atoms with Crippen LogP contribution in [0.2, 0.25) is 0 Å². The van der Waals surface area contributed by atoms with E-state index in [4.69, 9.17) is 5.84 Å². The van der Waals surface area contributed by atoms with Crippen LogP contribution in [0.15, 0.2) is 41.8 Å². The Morgan fingerprint density at radius 3 is 3.00 bits per heavy atom. The van der Waals surface area contributed by atoms with Crippen molar-refractivity contribution in [2.24, 2.45) is 5.84 Å². The first kappa shape index (κ1) is 12.3. The molecular weight excluding hydrogens is 204 g/mol. The molecule has 0 aliphatic carbocycles. The van der Waals surface area contributed by atoms with Crippen LogP contribution >= 0.6 is 11.8 Å². The Balaban J connectivity index is 2.44. The van der Waals surface area contributed by atoms with Crippen molar-refractivity contribution in [3.05, 3.63) is 42.5 Å². The number of benzene rings is 1. The summed E-state index contributed by atoms with van der Waals surface area (Å²) in [4.78, 5) is 1.29. The van der Waals surface area contributed by atoms with Crippen molar-refractivity contribution in [1.82, 2.24) is 5.43 Å². The number of nitrogens with two attached hydrogens (primary N) is 1. The highest BCUT2D eigenvalue weighted by atomic mass is 32.2. The van der Waals surface area contributed by atoms with Crippen LogP contribution in [0.4, 0.5) is 0 Å². The molecule has 1 atom stereocenters. The summed E-state index contributed by atoms with van der Waals surface area (Å²) in [5, 5.41) is 0. The van der Waals surface area contributed by atoms with Gasteiger partial charge in [0.1, 0.15) is 0 Å². The molecule has 1 rings (SSSR count). The van der Waals surface area contributed by atoms with Crippen LogP contribution in [0.1, 0.15) is 12.0 Å². The van der Waals surface area contributed by atoms with E-state index in [-0.39, 0.29) is 0 Å². The van der Waals surface area contributed by atoms with Crippen LogP contribution in [0.5, 0.6) is 0 Å².